The highest BCUT2D eigenvalue weighted by Crippen LogP contribution is 2.13. The topological polar surface area (TPSA) is 70.8 Å². The molecule has 1 aromatic heterocycles. The summed E-state index contributed by atoms with van der Waals surface area (Å²) in [7, 11) is 0. The number of nitrogens with zero attached hydrogens (tertiary/aromatic N) is 3. The van der Waals surface area contributed by atoms with Crippen molar-refractivity contribution in [3.05, 3.63) is 46.7 Å². The summed E-state index contributed by atoms with van der Waals surface area (Å²) in [6, 6.07) is 9.41. The van der Waals surface area contributed by atoms with Crippen LogP contribution in [0.4, 0.5) is 0 Å². The van der Waals surface area contributed by atoms with Crippen LogP contribution in [0, 0.1) is 0 Å². The minimum Gasteiger partial charge on any atom is -0.543 e. The third-order valence-corrected chi connectivity index (χ3v) is 2.42. The van der Waals surface area contributed by atoms with E-state index in [2.05, 4.69) is 10.3 Å². The first kappa shape index (κ1) is 10.6. The van der Waals surface area contributed by atoms with Gasteiger partial charge in [-0.2, -0.15) is 0 Å². The maximum Gasteiger partial charge on any atom is 0.156 e. The maximum absolute atomic E-state index is 10.6. The summed E-state index contributed by atoms with van der Waals surface area (Å²) in [5, 5.41) is 17.6. The largest absolute Gasteiger partial charge is 0.543 e. The lowest BCUT2D eigenvalue weighted by Gasteiger charge is -2.02. The van der Waals surface area contributed by atoms with Gasteiger partial charge in [-0.3, -0.25) is 0 Å². The predicted molar refractivity (Wildman–Crippen MR) is 54.9 cm³/mol. The van der Waals surface area contributed by atoms with Crippen LogP contribution >= 0.6 is 11.6 Å². The number of rotatable bonds is 3. The van der Waals surface area contributed by atoms with Gasteiger partial charge >= 0.3 is 0 Å². The summed E-state index contributed by atoms with van der Waals surface area (Å²) >= 11 is 5.79. The zero-order valence-corrected chi connectivity index (χ0v) is 8.89. The second-order valence-electron chi connectivity index (χ2n) is 3.16. The van der Waals surface area contributed by atoms with Gasteiger partial charge in [0.15, 0.2) is 5.15 Å². The van der Waals surface area contributed by atoms with E-state index in [0.717, 1.165) is 5.56 Å². The summed E-state index contributed by atoms with van der Waals surface area (Å²) < 4.78 is 1.31. The van der Waals surface area contributed by atoms with Crippen LogP contribution < -0.4 is 5.11 Å². The zero-order chi connectivity index (χ0) is 11.5. The third kappa shape index (κ3) is 2.04. The first-order chi connectivity index (χ1) is 7.68. The normalized spacial score (nSPS) is 10.3. The van der Waals surface area contributed by atoms with E-state index in [9.17, 15) is 9.90 Å². The molecule has 0 spiro atoms. The number of aromatic nitrogens is 3. The van der Waals surface area contributed by atoms with Crippen LogP contribution in [0.3, 0.4) is 0 Å². The summed E-state index contributed by atoms with van der Waals surface area (Å²) in [6.45, 7) is 0.375. The van der Waals surface area contributed by atoms with Crippen molar-refractivity contribution >= 4 is 17.6 Å². The van der Waals surface area contributed by atoms with Gasteiger partial charge in [0, 0.05) is 0 Å². The van der Waals surface area contributed by atoms with Crippen LogP contribution in [0.1, 0.15) is 16.1 Å². The molecule has 0 amide bonds. The second kappa shape index (κ2) is 4.32. The standard InChI is InChI=1S/C10H8ClN3O2/c11-9-8(10(15)16)12-13-14(9)6-7-4-2-1-3-5-7/h1-5H,6H2,(H,15,16)/p-1. The molecule has 0 atom stereocenters. The fourth-order valence-corrected chi connectivity index (χ4v) is 1.49. The highest BCUT2D eigenvalue weighted by atomic mass is 35.5. The van der Waals surface area contributed by atoms with Crippen LogP contribution in [-0.4, -0.2) is 21.0 Å². The van der Waals surface area contributed by atoms with Crippen LogP contribution in [0.2, 0.25) is 5.15 Å². The van der Waals surface area contributed by atoms with Gasteiger partial charge in [0.1, 0.15) is 5.69 Å². The molecule has 0 fully saturated rings. The molecule has 0 saturated carbocycles. The fourth-order valence-electron chi connectivity index (χ4n) is 1.28. The molecule has 0 unspecified atom stereocenters. The van der Waals surface area contributed by atoms with E-state index >= 15 is 0 Å². The minimum absolute atomic E-state index is 0.0242. The Kier molecular flexibility index (Phi) is 2.87. The minimum atomic E-state index is -1.43. The van der Waals surface area contributed by atoms with Gasteiger partial charge in [0.05, 0.1) is 12.5 Å². The lowest BCUT2D eigenvalue weighted by atomic mass is 10.2. The molecular weight excluding hydrogens is 230 g/mol. The molecule has 2 aromatic rings. The molecule has 6 heteroatoms. The van der Waals surface area contributed by atoms with Crippen molar-refractivity contribution in [1.82, 2.24) is 15.0 Å². The number of aromatic carboxylic acids is 1. The molecule has 82 valence electrons. The predicted octanol–water partition coefficient (Wildman–Crippen LogP) is 0.343. The van der Waals surface area contributed by atoms with E-state index in [1.807, 2.05) is 30.3 Å². The van der Waals surface area contributed by atoms with E-state index in [1.54, 1.807) is 0 Å². The van der Waals surface area contributed by atoms with Crippen molar-refractivity contribution < 1.29 is 9.90 Å². The lowest BCUT2D eigenvalue weighted by molar-refractivity contribution is -0.255. The molecule has 1 heterocycles. The Morgan fingerprint density at radius 2 is 2.06 bits per heavy atom. The highest BCUT2D eigenvalue weighted by molar-refractivity contribution is 6.32. The Labute approximate surface area is 96.3 Å². The number of hydrogen-bond donors (Lipinski definition) is 0. The van der Waals surface area contributed by atoms with Gasteiger partial charge in [0.25, 0.3) is 0 Å². The van der Waals surface area contributed by atoms with Crippen molar-refractivity contribution in [2.75, 3.05) is 0 Å². The summed E-state index contributed by atoms with van der Waals surface area (Å²) in [5.74, 6) is -1.43. The molecule has 2 rings (SSSR count). The van der Waals surface area contributed by atoms with Crippen molar-refractivity contribution in [3.63, 3.8) is 0 Å². The Morgan fingerprint density at radius 1 is 1.38 bits per heavy atom. The quantitative estimate of drug-likeness (QED) is 0.771. The number of carbonyl (C=O) groups excluding carboxylic acids is 1. The van der Waals surface area contributed by atoms with Crippen LogP contribution in [-0.2, 0) is 6.54 Å². The van der Waals surface area contributed by atoms with Gasteiger partial charge in [-0.1, -0.05) is 47.1 Å². The van der Waals surface area contributed by atoms with Gasteiger partial charge in [-0.05, 0) is 5.56 Å². The third-order valence-electron chi connectivity index (χ3n) is 2.04. The second-order valence-corrected chi connectivity index (χ2v) is 3.52. The Morgan fingerprint density at radius 3 is 2.62 bits per heavy atom. The summed E-state index contributed by atoms with van der Waals surface area (Å²) in [4.78, 5) is 10.6. The SMILES string of the molecule is O=C([O-])c1nnn(Cc2ccccc2)c1Cl. The summed E-state index contributed by atoms with van der Waals surface area (Å²) in [5.41, 5.74) is 0.622. The van der Waals surface area contributed by atoms with E-state index in [4.69, 9.17) is 11.6 Å². The molecule has 0 N–H and O–H groups in total. The van der Waals surface area contributed by atoms with Gasteiger partial charge in [-0.15, -0.1) is 5.10 Å². The number of carboxylic acid groups (broad SMARTS) is 1. The van der Waals surface area contributed by atoms with Crippen molar-refractivity contribution in [2.45, 2.75) is 6.54 Å². The number of hydrogen-bond acceptors (Lipinski definition) is 4. The van der Waals surface area contributed by atoms with Crippen LogP contribution in [0.5, 0.6) is 0 Å². The molecule has 0 bridgehead atoms. The lowest BCUT2D eigenvalue weighted by Crippen LogP contribution is -2.23. The fraction of sp³-hybridized carbons (Fsp3) is 0.100. The number of halogens is 1. The Balaban J connectivity index is 2.26. The zero-order valence-electron chi connectivity index (χ0n) is 8.13. The van der Waals surface area contributed by atoms with E-state index < -0.39 is 5.97 Å². The van der Waals surface area contributed by atoms with Gasteiger partial charge in [0.2, 0.25) is 0 Å². The van der Waals surface area contributed by atoms with Crippen molar-refractivity contribution in [3.8, 4) is 0 Å². The molecule has 0 radical (unpaired) electrons. The van der Waals surface area contributed by atoms with Crippen molar-refractivity contribution in [2.24, 2.45) is 0 Å². The smallest absolute Gasteiger partial charge is 0.156 e. The monoisotopic (exact) mass is 236 g/mol. The maximum atomic E-state index is 10.6. The first-order valence-corrected chi connectivity index (χ1v) is 4.90. The van der Waals surface area contributed by atoms with E-state index in [0.29, 0.717) is 6.54 Å². The van der Waals surface area contributed by atoms with Gasteiger partial charge in [-0.25, -0.2) is 4.68 Å². The van der Waals surface area contributed by atoms with Gasteiger partial charge < -0.3 is 9.90 Å². The Bertz CT molecular complexity index is 510. The molecule has 0 aliphatic carbocycles. The Hall–Kier alpha value is -1.88. The average molecular weight is 237 g/mol. The molecule has 0 aliphatic rings. The van der Waals surface area contributed by atoms with Crippen LogP contribution in [0.15, 0.2) is 30.3 Å². The molecular formula is C10H7ClN3O2-. The van der Waals surface area contributed by atoms with E-state index in [1.165, 1.54) is 4.68 Å². The molecule has 16 heavy (non-hydrogen) atoms. The molecule has 1 aromatic carbocycles. The number of carboxylic acids is 1. The average Bonchev–Trinajstić information content (AvgIpc) is 2.62. The van der Waals surface area contributed by atoms with Crippen LogP contribution in [0.25, 0.3) is 0 Å². The summed E-state index contributed by atoms with van der Waals surface area (Å²) in [6.07, 6.45) is 0. The first-order valence-electron chi connectivity index (χ1n) is 4.52. The molecule has 0 aliphatic heterocycles. The molecule has 0 saturated heterocycles. The van der Waals surface area contributed by atoms with E-state index in [-0.39, 0.29) is 10.8 Å². The number of carbonyl (C=O) groups is 1. The van der Waals surface area contributed by atoms with Crippen molar-refractivity contribution in [1.29, 1.82) is 0 Å². The molecule has 5 nitrogen and oxygen atoms in total. The highest BCUT2D eigenvalue weighted by Gasteiger charge is 2.11. The number of benzene rings is 1.